The predicted molar refractivity (Wildman–Crippen MR) is 82.3 cm³/mol. The third-order valence-electron chi connectivity index (χ3n) is 5.69. The van der Waals surface area contributed by atoms with Crippen LogP contribution in [0.15, 0.2) is 0 Å². The van der Waals surface area contributed by atoms with E-state index in [1.165, 1.54) is 0 Å². The Labute approximate surface area is 128 Å². The number of nitrogens with zero attached hydrogens (tertiary/aromatic N) is 1. The smallest absolute Gasteiger partial charge is 0.152 e. The quantitative estimate of drug-likeness (QED) is 0.755. The standard InChI is InChI=1S/C16H27NO3S/c1-14(2,3)13-5-4-7-16(18,8-6-13)15(11-17)9-10-21(19,20)12-15/h13,18H,4-10,12H2,1-3H3. The minimum atomic E-state index is -3.19. The number of nitriles is 1. The predicted octanol–water partition coefficient (Wildman–Crippen LogP) is 2.67. The molecule has 0 spiro atoms. The second-order valence-electron chi connectivity index (χ2n) is 8.06. The van der Waals surface area contributed by atoms with Crippen molar-refractivity contribution in [2.75, 3.05) is 11.5 Å². The van der Waals surface area contributed by atoms with E-state index in [0.29, 0.717) is 18.8 Å². The van der Waals surface area contributed by atoms with Crippen LogP contribution in [-0.4, -0.2) is 30.6 Å². The highest BCUT2D eigenvalue weighted by atomic mass is 32.2. The van der Waals surface area contributed by atoms with Gasteiger partial charge in [-0.05, 0) is 43.4 Å². The van der Waals surface area contributed by atoms with E-state index in [9.17, 15) is 18.8 Å². The first-order valence-electron chi connectivity index (χ1n) is 7.88. The van der Waals surface area contributed by atoms with Crippen molar-refractivity contribution in [3.8, 4) is 6.07 Å². The maximum absolute atomic E-state index is 11.8. The Hall–Kier alpha value is -0.600. The molecule has 2 aliphatic rings. The van der Waals surface area contributed by atoms with Gasteiger partial charge in [-0.1, -0.05) is 27.2 Å². The number of sulfone groups is 1. The van der Waals surface area contributed by atoms with E-state index in [1.54, 1.807) is 0 Å². The first-order chi connectivity index (χ1) is 9.54. The summed E-state index contributed by atoms with van der Waals surface area (Å²) in [5.74, 6) is 0.374. The molecule has 2 fully saturated rings. The third-order valence-corrected chi connectivity index (χ3v) is 7.44. The maximum atomic E-state index is 11.8. The van der Waals surface area contributed by atoms with E-state index < -0.39 is 20.9 Å². The molecule has 1 aliphatic heterocycles. The molecule has 1 heterocycles. The molecule has 1 saturated carbocycles. The van der Waals surface area contributed by atoms with Gasteiger partial charge in [-0.3, -0.25) is 0 Å². The molecule has 0 radical (unpaired) electrons. The Morgan fingerprint density at radius 2 is 1.86 bits per heavy atom. The largest absolute Gasteiger partial charge is 0.388 e. The summed E-state index contributed by atoms with van der Waals surface area (Å²) in [6, 6.07) is 2.20. The molecule has 2 rings (SSSR count). The minimum absolute atomic E-state index is 0.0333. The molecule has 5 heteroatoms. The van der Waals surface area contributed by atoms with E-state index in [2.05, 4.69) is 26.8 Å². The van der Waals surface area contributed by atoms with Gasteiger partial charge in [-0.15, -0.1) is 0 Å². The lowest BCUT2D eigenvalue weighted by Crippen LogP contribution is -2.48. The Bertz CT molecular complexity index is 543. The van der Waals surface area contributed by atoms with Crippen molar-refractivity contribution in [1.29, 1.82) is 5.26 Å². The SMILES string of the molecule is CC(C)(C)C1CCCC(O)(C2(C#N)CCS(=O)(=O)C2)CC1. The molecule has 21 heavy (non-hydrogen) atoms. The van der Waals surface area contributed by atoms with Gasteiger partial charge in [0.05, 0.1) is 23.2 Å². The highest BCUT2D eigenvalue weighted by Gasteiger charge is 2.57. The summed E-state index contributed by atoms with van der Waals surface area (Å²) >= 11 is 0. The van der Waals surface area contributed by atoms with Crippen LogP contribution in [0.1, 0.15) is 59.3 Å². The van der Waals surface area contributed by atoms with Crippen LogP contribution >= 0.6 is 0 Å². The molecule has 1 saturated heterocycles. The number of rotatable bonds is 1. The van der Waals surface area contributed by atoms with Crippen LogP contribution in [0.25, 0.3) is 0 Å². The normalized spacial score (nSPS) is 40.4. The molecule has 4 nitrogen and oxygen atoms in total. The minimum Gasteiger partial charge on any atom is -0.388 e. The van der Waals surface area contributed by atoms with Gasteiger partial charge in [0.2, 0.25) is 0 Å². The summed E-state index contributed by atoms with van der Waals surface area (Å²) in [6.45, 7) is 6.63. The van der Waals surface area contributed by atoms with Crippen molar-refractivity contribution in [1.82, 2.24) is 0 Å². The first-order valence-corrected chi connectivity index (χ1v) is 9.70. The first kappa shape index (κ1) is 16.8. The van der Waals surface area contributed by atoms with E-state index in [4.69, 9.17) is 0 Å². The zero-order valence-electron chi connectivity index (χ0n) is 13.4. The molecule has 0 amide bonds. The monoisotopic (exact) mass is 313 g/mol. The second-order valence-corrected chi connectivity index (χ2v) is 10.2. The number of hydrogen-bond donors (Lipinski definition) is 1. The molecular weight excluding hydrogens is 286 g/mol. The van der Waals surface area contributed by atoms with Crippen molar-refractivity contribution >= 4 is 9.84 Å². The maximum Gasteiger partial charge on any atom is 0.152 e. The summed E-state index contributed by atoms with van der Waals surface area (Å²) in [5.41, 5.74) is -2.06. The third kappa shape index (κ3) is 3.12. The molecule has 0 bridgehead atoms. The summed E-state index contributed by atoms with van der Waals surface area (Å²) in [6.07, 6.45) is 4.13. The van der Waals surface area contributed by atoms with Crippen LogP contribution < -0.4 is 0 Å². The average Bonchev–Trinajstić information content (AvgIpc) is 2.55. The zero-order valence-corrected chi connectivity index (χ0v) is 14.2. The van der Waals surface area contributed by atoms with Crippen LogP contribution in [0, 0.1) is 28.1 Å². The molecule has 3 atom stereocenters. The lowest BCUT2D eigenvalue weighted by molar-refractivity contribution is -0.0575. The van der Waals surface area contributed by atoms with E-state index in [1.807, 2.05) is 0 Å². The molecular formula is C16H27NO3S. The van der Waals surface area contributed by atoms with Crippen LogP contribution in [-0.2, 0) is 9.84 Å². The number of hydrogen-bond acceptors (Lipinski definition) is 4. The van der Waals surface area contributed by atoms with Crippen molar-refractivity contribution in [3.63, 3.8) is 0 Å². The number of aliphatic hydroxyl groups is 1. The van der Waals surface area contributed by atoms with Gasteiger partial charge in [0, 0.05) is 0 Å². The summed E-state index contributed by atoms with van der Waals surface area (Å²) in [5, 5.41) is 20.7. The second kappa shape index (κ2) is 5.24. The molecule has 0 aromatic heterocycles. The topological polar surface area (TPSA) is 78.2 Å². The Balaban J connectivity index is 2.25. The summed E-state index contributed by atoms with van der Waals surface area (Å²) in [7, 11) is -3.19. The zero-order chi connectivity index (χ0) is 15.9. The summed E-state index contributed by atoms with van der Waals surface area (Å²) < 4.78 is 23.7. The fourth-order valence-electron chi connectivity index (χ4n) is 4.08. The van der Waals surface area contributed by atoms with E-state index in [0.717, 1.165) is 19.3 Å². The van der Waals surface area contributed by atoms with Gasteiger partial charge in [-0.2, -0.15) is 5.26 Å². The Kier molecular flexibility index (Phi) is 4.18. The van der Waals surface area contributed by atoms with E-state index >= 15 is 0 Å². The molecule has 0 aromatic rings. The summed E-state index contributed by atoms with van der Waals surface area (Å²) in [4.78, 5) is 0. The van der Waals surface area contributed by atoms with Crippen molar-refractivity contribution in [2.45, 2.75) is 64.9 Å². The van der Waals surface area contributed by atoms with Gasteiger partial charge < -0.3 is 5.11 Å². The van der Waals surface area contributed by atoms with Gasteiger partial charge in [0.25, 0.3) is 0 Å². The van der Waals surface area contributed by atoms with Gasteiger partial charge in [-0.25, -0.2) is 8.42 Å². The molecule has 120 valence electrons. The fraction of sp³-hybridized carbons (Fsp3) is 0.938. The van der Waals surface area contributed by atoms with Crippen molar-refractivity contribution < 1.29 is 13.5 Å². The van der Waals surface area contributed by atoms with Crippen LogP contribution in [0.5, 0.6) is 0 Å². The molecule has 1 aliphatic carbocycles. The van der Waals surface area contributed by atoms with Crippen LogP contribution in [0.4, 0.5) is 0 Å². The van der Waals surface area contributed by atoms with Crippen LogP contribution in [0.3, 0.4) is 0 Å². The molecule has 1 N–H and O–H groups in total. The van der Waals surface area contributed by atoms with Crippen molar-refractivity contribution in [3.05, 3.63) is 0 Å². The highest BCUT2D eigenvalue weighted by molar-refractivity contribution is 7.91. The van der Waals surface area contributed by atoms with Gasteiger partial charge in [0.1, 0.15) is 5.41 Å². The average molecular weight is 313 g/mol. The Morgan fingerprint density at radius 3 is 2.33 bits per heavy atom. The lowest BCUT2D eigenvalue weighted by atomic mass is 9.68. The highest BCUT2D eigenvalue weighted by Crippen LogP contribution is 2.50. The molecule has 3 unspecified atom stereocenters. The van der Waals surface area contributed by atoms with Gasteiger partial charge in [0.15, 0.2) is 9.84 Å². The van der Waals surface area contributed by atoms with Gasteiger partial charge >= 0.3 is 0 Å². The fourth-order valence-corrected chi connectivity index (χ4v) is 6.11. The lowest BCUT2D eigenvalue weighted by Gasteiger charge is -2.39. The Morgan fingerprint density at radius 1 is 1.19 bits per heavy atom. The van der Waals surface area contributed by atoms with Crippen LogP contribution in [0.2, 0.25) is 0 Å². The van der Waals surface area contributed by atoms with E-state index in [-0.39, 0.29) is 23.3 Å². The molecule has 0 aromatic carbocycles. The van der Waals surface area contributed by atoms with Crippen molar-refractivity contribution in [2.24, 2.45) is 16.7 Å².